The van der Waals surface area contributed by atoms with E-state index in [1.165, 1.54) is 18.2 Å². The Balaban J connectivity index is 2.99. The number of esters is 1. The average molecular weight is 217 g/mol. The average Bonchev–Trinajstić information content (AvgIpc) is 2.25. The summed E-state index contributed by atoms with van der Waals surface area (Å²) in [5.41, 5.74) is 1.57. The molecule has 0 aliphatic carbocycles. The minimum Gasteiger partial charge on any atom is -0.458 e. The van der Waals surface area contributed by atoms with Crippen molar-refractivity contribution in [2.75, 3.05) is 6.61 Å². The topological polar surface area (TPSA) is 55.7 Å². The second kappa shape index (κ2) is 5.63. The molecule has 0 unspecified atom stereocenters. The number of aliphatic imine (C=N–C) groups is 1. The Hall–Kier alpha value is -2.19. The van der Waals surface area contributed by atoms with Crippen LogP contribution in [0.4, 0.5) is 5.69 Å². The van der Waals surface area contributed by atoms with Crippen molar-refractivity contribution >= 4 is 17.7 Å². The molecule has 0 spiro atoms. The molecule has 0 fully saturated rings. The van der Waals surface area contributed by atoms with Crippen molar-refractivity contribution in [1.29, 1.82) is 0 Å². The summed E-state index contributed by atoms with van der Waals surface area (Å²) in [4.78, 5) is 25.1. The molecule has 0 saturated carbocycles. The van der Waals surface area contributed by atoms with E-state index in [0.29, 0.717) is 11.3 Å². The van der Waals surface area contributed by atoms with E-state index in [9.17, 15) is 9.59 Å². The zero-order chi connectivity index (χ0) is 12.0. The van der Waals surface area contributed by atoms with Crippen LogP contribution >= 0.6 is 0 Å². The number of benzene rings is 1. The molecule has 0 bridgehead atoms. The number of carbonyl (C=O) groups excluding carboxylic acids is 2. The van der Waals surface area contributed by atoms with Crippen LogP contribution in [0.2, 0.25) is 0 Å². The van der Waals surface area contributed by atoms with Crippen molar-refractivity contribution in [2.45, 2.75) is 6.92 Å². The molecule has 0 aromatic heterocycles. The Labute approximate surface area is 93.3 Å². The van der Waals surface area contributed by atoms with E-state index in [1.807, 2.05) is 0 Å². The Morgan fingerprint density at radius 3 is 2.94 bits per heavy atom. The summed E-state index contributed by atoms with van der Waals surface area (Å²) in [7, 11) is 0. The van der Waals surface area contributed by atoms with Crippen LogP contribution in [-0.4, -0.2) is 18.7 Å². The first-order chi connectivity index (χ1) is 7.67. The molecule has 16 heavy (non-hydrogen) atoms. The lowest BCUT2D eigenvalue weighted by Gasteiger charge is -2.03. The van der Waals surface area contributed by atoms with Gasteiger partial charge in [-0.05, 0) is 30.7 Å². The number of rotatable bonds is 4. The van der Waals surface area contributed by atoms with Crippen LogP contribution in [-0.2, 0) is 9.53 Å². The summed E-state index contributed by atoms with van der Waals surface area (Å²) in [6.45, 7) is 5.40. The third kappa shape index (κ3) is 3.19. The summed E-state index contributed by atoms with van der Waals surface area (Å²) in [5, 5.41) is 0. The zero-order valence-corrected chi connectivity index (χ0v) is 8.90. The van der Waals surface area contributed by atoms with E-state index >= 15 is 0 Å². The third-order valence-electron chi connectivity index (χ3n) is 1.80. The molecular weight excluding hydrogens is 206 g/mol. The predicted molar refractivity (Wildman–Crippen MR) is 59.4 cm³/mol. The Bertz CT molecular complexity index is 459. The van der Waals surface area contributed by atoms with Crippen molar-refractivity contribution in [3.8, 4) is 0 Å². The molecule has 0 heterocycles. The van der Waals surface area contributed by atoms with Crippen molar-refractivity contribution < 1.29 is 14.3 Å². The van der Waals surface area contributed by atoms with Gasteiger partial charge in [-0.3, -0.25) is 0 Å². The molecule has 0 aliphatic rings. The lowest BCUT2D eigenvalue weighted by Crippen LogP contribution is -2.05. The SMILES string of the molecule is C=CCOC(=O)c1cc(C)cc(N=C=O)c1. The van der Waals surface area contributed by atoms with Crippen LogP contribution in [0, 0.1) is 6.92 Å². The molecule has 0 atom stereocenters. The van der Waals surface area contributed by atoms with Gasteiger partial charge in [0.1, 0.15) is 6.61 Å². The van der Waals surface area contributed by atoms with Gasteiger partial charge >= 0.3 is 5.97 Å². The number of ether oxygens (including phenoxy) is 1. The number of nitrogens with zero attached hydrogens (tertiary/aromatic N) is 1. The minimum absolute atomic E-state index is 0.152. The third-order valence-corrected chi connectivity index (χ3v) is 1.80. The Morgan fingerprint density at radius 1 is 1.56 bits per heavy atom. The first kappa shape index (κ1) is 11.9. The van der Waals surface area contributed by atoms with E-state index in [0.717, 1.165) is 5.56 Å². The number of hydrogen-bond acceptors (Lipinski definition) is 4. The molecule has 1 aromatic carbocycles. The molecule has 0 radical (unpaired) electrons. The van der Waals surface area contributed by atoms with E-state index in [-0.39, 0.29) is 6.61 Å². The van der Waals surface area contributed by atoms with E-state index in [4.69, 9.17) is 4.74 Å². The van der Waals surface area contributed by atoms with Gasteiger partial charge in [0.2, 0.25) is 6.08 Å². The van der Waals surface area contributed by atoms with Crippen molar-refractivity contribution in [2.24, 2.45) is 4.99 Å². The van der Waals surface area contributed by atoms with Gasteiger partial charge in [-0.15, -0.1) is 0 Å². The molecule has 1 rings (SSSR count). The summed E-state index contributed by atoms with van der Waals surface area (Å²) < 4.78 is 4.87. The smallest absolute Gasteiger partial charge is 0.338 e. The molecule has 4 heteroatoms. The van der Waals surface area contributed by atoms with Crippen LogP contribution in [0.3, 0.4) is 0 Å². The number of carbonyl (C=O) groups is 1. The first-order valence-electron chi connectivity index (χ1n) is 4.65. The highest BCUT2D eigenvalue weighted by Gasteiger charge is 2.08. The van der Waals surface area contributed by atoms with Gasteiger partial charge in [0, 0.05) is 0 Å². The minimum atomic E-state index is -0.467. The van der Waals surface area contributed by atoms with Gasteiger partial charge in [-0.2, -0.15) is 4.99 Å². The summed E-state index contributed by atoms with van der Waals surface area (Å²) in [6, 6.07) is 4.81. The lowest BCUT2D eigenvalue weighted by molar-refractivity contribution is 0.0549. The van der Waals surface area contributed by atoms with E-state index in [2.05, 4.69) is 11.6 Å². The van der Waals surface area contributed by atoms with Gasteiger partial charge in [0.05, 0.1) is 11.3 Å². The molecule has 1 aromatic rings. The maximum absolute atomic E-state index is 11.5. The van der Waals surface area contributed by atoms with Crippen LogP contribution in [0.15, 0.2) is 35.8 Å². The maximum atomic E-state index is 11.5. The first-order valence-corrected chi connectivity index (χ1v) is 4.65. The van der Waals surface area contributed by atoms with Crippen molar-refractivity contribution in [1.82, 2.24) is 0 Å². The zero-order valence-electron chi connectivity index (χ0n) is 8.90. The molecule has 0 aliphatic heterocycles. The number of isocyanates is 1. The van der Waals surface area contributed by atoms with Gasteiger partial charge in [0.25, 0.3) is 0 Å². The fraction of sp³-hybridized carbons (Fsp3) is 0.167. The van der Waals surface area contributed by atoms with Crippen molar-refractivity contribution in [3.05, 3.63) is 42.0 Å². The molecule has 4 nitrogen and oxygen atoms in total. The maximum Gasteiger partial charge on any atom is 0.338 e. The monoisotopic (exact) mass is 217 g/mol. The Kier molecular flexibility index (Phi) is 4.18. The number of hydrogen-bond donors (Lipinski definition) is 0. The molecule has 0 saturated heterocycles. The van der Waals surface area contributed by atoms with Crippen LogP contribution < -0.4 is 0 Å². The van der Waals surface area contributed by atoms with Crippen molar-refractivity contribution in [3.63, 3.8) is 0 Å². The Morgan fingerprint density at radius 2 is 2.31 bits per heavy atom. The highest BCUT2D eigenvalue weighted by molar-refractivity contribution is 5.90. The van der Waals surface area contributed by atoms with Crippen LogP contribution in [0.1, 0.15) is 15.9 Å². The summed E-state index contributed by atoms with van der Waals surface area (Å²) in [6.07, 6.45) is 2.91. The fourth-order valence-electron chi connectivity index (χ4n) is 1.22. The quantitative estimate of drug-likeness (QED) is 0.336. The van der Waals surface area contributed by atoms with E-state index in [1.54, 1.807) is 19.1 Å². The predicted octanol–water partition coefficient (Wildman–Crippen LogP) is 2.31. The van der Waals surface area contributed by atoms with Crippen LogP contribution in [0.25, 0.3) is 0 Å². The highest BCUT2D eigenvalue weighted by Crippen LogP contribution is 2.17. The fourth-order valence-corrected chi connectivity index (χ4v) is 1.22. The largest absolute Gasteiger partial charge is 0.458 e. The lowest BCUT2D eigenvalue weighted by atomic mass is 10.1. The normalized spacial score (nSPS) is 9.06. The van der Waals surface area contributed by atoms with Gasteiger partial charge < -0.3 is 4.74 Å². The summed E-state index contributed by atoms with van der Waals surface area (Å²) in [5.74, 6) is -0.467. The standard InChI is InChI=1S/C12H11NO3/c1-3-4-16-12(15)10-5-9(2)6-11(7-10)13-8-14/h3,5-7H,1,4H2,2H3. The molecule has 0 N–H and O–H groups in total. The summed E-state index contributed by atoms with van der Waals surface area (Å²) >= 11 is 0. The molecular formula is C12H11NO3. The van der Waals surface area contributed by atoms with Crippen LogP contribution in [0.5, 0.6) is 0 Å². The van der Waals surface area contributed by atoms with E-state index < -0.39 is 5.97 Å². The van der Waals surface area contributed by atoms with Gasteiger partial charge in [0.15, 0.2) is 0 Å². The second-order valence-electron chi connectivity index (χ2n) is 3.15. The second-order valence-corrected chi connectivity index (χ2v) is 3.15. The molecule has 0 amide bonds. The highest BCUT2D eigenvalue weighted by atomic mass is 16.5. The van der Waals surface area contributed by atoms with Gasteiger partial charge in [-0.1, -0.05) is 12.7 Å². The number of aryl methyl sites for hydroxylation is 1. The molecule has 82 valence electrons. The van der Waals surface area contributed by atoms with Gasteiger partial charge in [-0.25, -0.2) is 9.59 Å².